The van der Waals surface area contributed by atoms with Gasteiger partial charge >= 0.3 is 0 Å². The minimum Gasteiger partial charge on any atom is -0.378 e. The van der Waals surface area contributed by atoms with Gasteiger partial charge in [-0.3, -0.25) is 15.0 Å². The number of hydrogen-bond acceptors (Lipinski definition) is 6. The van der Waals surface area contributed by atoms with Gasteiger partial charge in [0.1, 0.15) is 5.52 Å². The minimum atomic E-state index is 0.442. The Balaban J connectivity index is 1.57. The molecule has 2 N–H and O–H groups in total. The zero-order chi connectivity index (χ0) is 17.9. The molecule has 4 rings (SSSR count). The molecule has 1 fully saturated rings. The van der Waals surface area contributed by atoms with Gasteiger partial charge in [0.2, 0.25) is 0 Å². The second-order valence-electron chi connectivity index (χ2n) is 6.49. The van der Waals surface area contributed by atoms with Crippen LogP contribution in [0.3, 0.4) is 0 Å². The number of hydrogen-bond donors (Lipinski definition) is 2. The highest BCUT2D eigenvalue weighted by atomic mass is 35.5. The fourth-order valence-electron chi connectivity index (χ4n) is 3.36. The average Bonchev–Trinajstić information content (AvgIpc) is 2.67. The highest BCUT2D eigenvalue weighted by molar-refractivity contribution is 6.34. The maximum Gasteiger partial charge on any atom is 0.107 e. The fourth-order valence-corrected chi connectivity index (χ4v) is 3.64. The third kappa shape index (κ3) is 3.43. The fraction of sp³-hybridized carbons (Fsp3) is 0.316. The predicted molar refractivity (Wildman–Crippen MR) is 106 cm³/mol. The molecule has 26 heavy (non-hydrogen) atoms. The Morgan fingerprint density at radius 2 is 2.15 bits per heavy atom. The first-order valence-corrected chi connectivity index (χ1v) is 9.14. The SMILES string of the molecule is CC1CNCCN1c1ccncc1NCc1cc(Cl)c2nccnc2c1. The summed E-state index contributed by atoms with van der Waals surface area (Å²) in [6.45, 7) is 5.84. The maximum atomic E-state index is 6.36. The Bertz CT molecular complexity index is 915. The van der Waals surface area contributed by atoms with Crippen molar-refractivity contribution < 1.29 is 0 Å². The molecule has 7 heteroatoms. The molecule has 0 amide bonds. The van der Waals surface area contributed by atoms with Gasteiger partial charge in [0.05, 0.1) is 28.1 Å². The van der Waals surface area contributed by atoms with Gasteiger partial charge in [-0.1, -0.05) is 11.6 Å². The van der Waals surface area contributed by atoms with Crippen molar-refractivity contribution in [2.24, 2.45) is 0 Å². The van der Waals surface area contributed by atoms with Gasteiger partial charge < -0.3 is 15.5 Å². The number of aromatic nitrogens is 3. The molecule has 3 heterocycles. The van der Waals surface area contributed by atoms with Gasteiger partial charge in [0.15, 0.2) is 0 Å². The Morgan fingerprint density at radius 1 is 1.27 bits per heavy atom. The van der Waals surface area contributed by atoms with Crippen LogP contribution in [0.15, 0.2) is 43.0 Å². The molecule has 0 saturated carbocycles. The van der Waals surface area contributed by atoms with Crippen molar-refractivity contribution >= 4 is 34.0 Å². The lowest BCUT2D eigenvalue weighted by molar-refractivity contribution is 0.501. The number of piperazine rings is 1. The first kappa shape index (κ1) is 17.0. The minimum absolute atomic E-state index is 0.442. The molecule has 0 aliphatic carbocycles. The molecule has 2 aromatic heterocycles. The summed E-state index contributed by atoms with van der Waals surface area (Å²) >= 11 is 6.36. The van der Waals surface area contributed by atoms with Gasteiger partial charge in [-0.2, -0.15) is 0 Å². The Morgan fingerprint density at radius 3 is 3.04 bits per heavy atom. The van der Waals surface area contributed by atoms with Crippen LogP contribution < -0.4 is 15.5 Å². The average molecular weight is 369 g/mol. The highest BCUT2D eigenvalue weighted by Crippen LogP contribution is 2.28. The Hall–Kier alpha value is -2.44. The van der Waals surface area contributed by atoms with Crippen molar-refractivity contribution in [3.63, 3.8) is 0 Å². The van der Waals surface area contributed by atoms with Crippen molar-refractivity contribution in [3.05, 3.63) is 53.6 Å². The standard InChI is InChI=1S/C19H21ClN6/c1-13-10-22-6-7-26(13)18-2-3-21-12-17(18)25-11-14-8-15(20)19-16(9-14)23-4-5-24-19/h2-5,8-9,12-13,22,25H,6-7,10-11H2,1H3. The molecule has 134 valence electrons. The summed E-state index contributed by atoms with van der Waals surface area (Å²) in [6, 6.07) is 6.47. The van der Waals surface area contributed by atoms with E-state index in [1.54, 1.807) is 12.4 Å². The number of anilines is 2. The molecule has 1 atom stereocenters. The quantitative estimate of drug-likeness (QED) is 0.737. The van der Waals surface area contributed by atoms with E-state index in [0.29, 0.717) is 17.6 Å². The summed E-state index contributed by atoms with van der Waals surface area (Å²) in [4.78, 5) is 15.4. The number of rotatable bonds is 4. The van der Waals surface area contributed by atoms with Crippen LogP contribution in [0, 0.1) is 0 Å². The van der Waals surface area contributed by atoms with Crippen LogP contribution in [0.5, 0.6) is 0 Å². The van der Waals surface area contributed by atoms with Crippen molar-refractivity contribution in [1.82, 2.24) is 20.3 Å². The highest BCUT2D eigenvalue weighted by Gasteiger charge is 2.20. The van der Waals surface area contributed by atoms with E-state index in [-0.39, 0.29) is 0 Å². The van der Waals surface area contributed by atoms with Gasteiger partial charge in [-0.25, -0.2) is 0 Å². The lowest BCUT2D eigenvalue weighted by Crippen LogP contribution is -2.50. The van der Waals surface area contributed by atoms with Gasteiger partial charge in [-0.05, 0) is 30.7 Å². The van der Waals surface area contributed by atoms with Gasteiger partial charge in [0.25, 0.3) is 0 Å². The molecular weight excluding hydrogens is 348 g/mol. The monoisotopic (exact) mass is 368 g/mol. The zero-order valence-corrected chi connectivity index (χ0v) is 15.4. The van der Waals surface area contributed by atoms with E-state index in [0.717, 1.165) is 41.9 Å². The molecule has 1 saturated heterocycles. The molecule has 3 aromatic rings. The van der Waals surface area contributed by atoms with E-state index < -0.39 is 0 Å². The molecule has 1 aliphatic rings. The first-order chi connectivity index (χ1) is 12.7. The Labute approximate surface area is 157 Å². The summed E-state index contributed by atoms with van der Waals surface area (Å²) in [5.41, 5.74) is 4.80. The summed E-state index contributed by atoms with van der Waals surface area (Å²) in [6.07, 6.45) is 7.06. The van der Waals surface area contributed by atoms with Crippen molar-refractivity contribution in [2.75, 3.05) is 29.9 Å². The van der Waals surface area contributed by atoms with Gasteiger partial charge in [0, 0.05) is 50.8 Å². The van der Waals surface area contributed by atoms with Gasteiger partial charge in [-0.15, -0.1) is 0 Å². The van der Waals surface area contributed by atoms with Crippen molar-refractivity contribution in [1.29, 1.82) is 0 Å². The smallest absolute Gasteiger partial charge is 0.107 e. The molecule has 0 spiro atoms. The number of pyridine rings is 1. The topological polar surface area (TPSA) is 66.0 Å². The molecule has 1 aliphatic heterocycles. The van der Waals surface area contributed by atoms with E-state index in [2.05, 4.69) is 43.5 Å². The molecule has 1 aromatic carbocycles. The zero-order valence-electron chi connectivity index (χ0n) is 14.6. The van der Waals surface area contributed by atoms with E-state index in [4.69, 9.17) is 11.6 Å². The normalized spacial score (nSPS) is 17.5. The lowest BCUT2D eigenvalue weighted by Gasteiger charge is -2.37. The van der Waals surface area contributed by atoms with E-state index >= 15 is 0 Å². The van der Waals surface area contributed by atoms with Crippen molar-refractivity contribution in [2.45, 2.75) is 19.5 Å². The predicted octanol–water partition coefficient (Wildman–Crippen LogP) is 3.09. The van der Waals surface area contributed by atoms with E-state index in [1.165, 1.54) is 5.69 Å². The molecular formula is C19H21ClN6. The first-order valence-electron chi connectivity index (χ1n) is 8.77. The van der Waals surface area contributed by atoms with Crippen LogP contribution in [0.1, 0.15) is 12.5 Å². The third-order valence-electron chi connectivity index (χ3n) is 4.68. The van der Waals surface area contributed by atoms with E-state index in [9.17, 15) is 0 Å². The van der Waals surface area contributed by atoms with Crippen LogP contribution in [-0.2, 0) is 6.54 Å². The van der Waals surface area contributed by atoms with Crippen molar-refractivity contribution in [3.8, 4) is 0 Å². The summed E-state index contributed by atoms with van der Waals surface area (Å²) in [5.74, 6) is 0. The molecule has 1 unspecified atom stereocenters. The number of halogens is 1. The summed E-state index contributed by atoms with van der Waals surface area (Å²) in [5, 5.41) is 7.56. The third-order valence-corrected chi connectivity index (χ3v) is 4.97. The second-order valence-corrected chi connectivity index (χ2v) is 6.90. The largest absolute Gasteiger partial charge is 0.378 e. The van der Waals surface area contributed by atoms with Crippen LogP contribution in [0.4, 0.5) is 11.4 Å². The molecule has 6 nitrogen and oxygen atoms in total. The van der Waals surface area contributed by atoms with E-state index in [1.807, 2.05) is 24.5 Å². The summed E-state index contributed by atoms with van der Waals surface area (Å²) in [7, 11) is 0. The summed E-state index contributed by atoms with van der Waals surface area (Å²) < 4.78 is 0. The van der Waals surface area contributed by atoms with Crippen LogP contribution in [0.2, 0.25) is 5.02 Å². The second kappa shape index (κ2) is 7.43. The number of nitrogens with one attached hydrogen (secondary N) is 2. The Kier molecular flexibility index (Phi) is 4.86. The lowest BCUT2D eigenvalue weighted by atomic mass is 10.1. The number of benzene rings is 1. The van der Waals surface area contributed by atoms with Crippen LogP contribution in [0.25, 0.3) is 11.0 Å². The number of nitrogens with zero attached hydrogens (tertiary/aromatic N) is 4. The molecule has 0 radical (unpaired) electrons. The molecule has 0 bridgehead atoms. The van der Waals surface area contributed by atoms with Crippen LogP contribution >= 0.6 is 11.6 Å². The maximum absolute atomic E-state index is 6.36. The number of fused-ring (bicyclic) bond motifs is 1. The van der Waals surface area contributed by atoms with Crippen LogP contribution in [-0.4, -0.2) is 40.6 Å².